The van der Waals surface area contributed by atoms with Gasteiger partial charge in [0.1, 0.15) is 0 Å². The maximum Gasteiger partial charge on any atom is 0.269 e. The Hall–Kier alpha value is -2.40. The molecule has 0 aliphatic heterocycles. The van der Waals surface area contributed by atoms with Gasteiger partial charge in [-0.15, -0.1) is 24.0 Å². The highest BCUT2D eigenvalue weighted by Crippen LogP contribution is 2.16. The van der Waals surface area contributed by atoms with Crippen molar-refractivity contribution in [1.82, 2.24) is 15.5 Å². The molecule has 0 radical (unpaired) electrons. The van der Waals surface area contributed by atoms with Crippen molar-refractivity contribution in [3.8, 4) is 0 Å². The van der Waals surface area contributed by atoms with Gasteiger partial charge in [-0.25, -0.2) is 4.99 Å². The first kappa shape index (κ1) is 25.6. The number of carbonyl (C=O) groups excluding carboxylic acids is 1. The maximum atomic E-state index is 11.9. The highest BCUT2D eigenvalue weighted by atomic mass is 127. The third kappa shape index (κ3) is 8.15. The molecule has 2 rings (SSSR count). The number of likely N-dealkylation sites (N-methyl/N-ethyl adjacent to an activating group) is 1. The van der Waals surface area contributed by atoms with Crippen LogP contribution < -0.4 is 10.6 Å². The van der Waals surface area contributed by atoms with Crippen LogP contribution in [0.4, 0.5) is 5.69 Å². The van der Waals surface area contributed by atoms with Gasteiger partial charge in [-0.05, 0) is 30.2 Å². The fraction of sp³-hybridized carbons (Fsp3) is 0.300. The molecule has 0 heterocycles. The minimum Gasteiger partial charge on any atom is -0.350 e. The second-order valence-corrected chi connectivity index (χ2v) is 7.08. The lowest BCUT2D eigenvalue weighted by atomic mass is 10.1. The van der Waals surface area contributed by atoms with Crippen LogP contribution >= 0.6 is 35.6 Å². The predicted octanol–water partition coefficient (Wildman–Crippen LogP) is 3.75. The number of hydrogen-bond acceptors (Lipinski definition) is 4. The van der Waals surface area contributed by atoms with Crippen molar-refractivity contribution in [2.24, 2.45) is 4.99 Å². The van der Waals surface area contributed by atoms with Crippen LogP contribution in [0, 0.1) is 10.1 Å². The van der Waals surface area contributed by atoms with Gasteiger partial charge in [0.15, 0.2) is 5.96 Å². The van der Waals surface area contributed by atoms with E-state index in [1.165, 1.54) is 17.0 Å². The second kappa shape index (κ2) is 12.3. The number of carbonyl (C=O) groups is 1. The number of nitrogens with one attached hydrogen (secondary N) is 2. The monoisotopic (exact) mass is 545 g/mol. The molecule has 2 aromatic carbocycles. The minimum atomic E-state index is -0.442. The molecule has 0 aliphatic rings. The molecule has 8 nitrogen and oxygen atoms in total. The van der Waals surface area contributed by atoms with Crippen molar-refractivity contribution >= 4 is 53.1 Å². The summed E-state index contributed by atoms with van der Waals surface area (Å²) in [4.78, 5) is 28.2. The Balaban J connectivity index is 0.00000450. The van der Waals surface area contributed by atoms with Crippen LogP contribution in [0.1, 0.15) is 24.1 Å². The summed E-state index contributed by atoms with van der Waals surface area (Å²) < 4.78 is 0. The van der Waals surface area contributed by atoms with Crippen molar-refractivity contribution in [3.63, 3.8) is 0 Å². The Morgan fingerprint density at radius 1 is 1.17 bits per heavy atom. The van der Waals surface area contributed by atoms with E-state index in [1.54, 1.807) is 26.2 Å². The Morgan fingerprint density at radius 2 is 1.77 bits per heavy atom. The smallest absolute Gasteiger partial charge is 0.269 e. The van der Waals surface area contributed by atoms with Gasteiger partial charge in [0.2, 0.25) is 5.91 Å². The quantitative estimate of drug-likeness (QED) is 0.182. The van der Waals surface area contributed by atoms with E-state index in [2.05, 4.69) is 15.6 Å². The average Bonchev–Trinajstić information content (AvgIpc) is 2.70. The van der Waals surface area contributed by atoms with Crippen LogP contribution in [0.3, 0.4) is 0 Å². The van der Waals surface area contributed by atoms with Crippen molar-refractivity contribution in [1.29, 1.82) is 0 Å². The van der Waals surface area contributed by atoms with Crippen LogP contribution in [-0.4, -0.2) is 42.3 Å². The molecule has 1 unspecified atom stereocenters. The lowest BCUT2D eigenvalue weighted by molar-refractivity contribution is -0.384. The zero-order valence-corrected chi connectivity index (χ0v) is 20.0. The number of halogens is 2. The van der Waals surface area contributed by atoms with E-state index in [4.69, 9.17) is 11.6 Å². The molecule has 0 saturated heterocycles. The summed E-state index contributed by atoms with van der Waals surface area (Å²) in [5, 5.41) is 17.7. The van der Waals surface area contributed by atoms with Crippen molar-refractivity contribution in [2.75, 3.05) is 20.6 Å². The third-order valence-electron chi connectivity index (χ3n) is 4.20. The van der Waals surface area contributed by atoms with E-state index >= 15 is 0 Å². The number of guanidine groups is 1. The standard InChI is InChI=1S/C20H24ClN5O3.HI/c1-14(16-6-8-17(21)9-7-16)24-20(23-13-19(27)25(2)3)22-12-15-4-10-18(11-5-15)26(28)29;/h4-11,14H,12-13H2,1-3H3,(H2,22,23,24);1H. The largest absolute Gasteiger partial charge is 0.350 e. The van der Waals surface area contributed by atoms with Gasteiger partial charge >= 0.3 is 0 Å². The van der Waals surface area contributed by atoms with Crippen LogP contribution in [-0.2, 0) is 11.3 Å². The van der Waals surface area contributed by atoms with Crippen LogP contribution in [0.25, 0.3) is 0 Å². The van der Waals surface area contributed by atoms with Gasteiger partial charge < -0.3 is 15.5 Å². The molecule has 2 aromatic rings. The number of benzene rings is 2. The molecular formula is C20H25ClIN5O3. The van der Waals surface area contributed by atoms with Crippen LogP contribution in [0.5, 0.6) is 0 Å². The Morgan fingerprint density at radius 3 is 2.30 bits per heavy atom. The average molecular weight is 546 g/mol. The minimum absolute atomic E-state index is 0. The molecule has 10 heteroatoms. The highest BCUT2D eigenvalue weighted by Gasteiger charge is 2.11. The highest BCUT2D eigenvalue weighted by molar-refractivity contribution is 14.0. The molecule has 2 N–H and O–H groups in total. The number of nitro benzene ring substituents is 1. The molecule has 0 saturated carbocycles. The SMILES string of the molecule is CC(NC(=NCc1ccc([N+](=O)[O-])cc1)NCC(=O)N(C)C)c1ccc(Cl)cc1.I. The molecule has 0 bridgehead atoms. The fourth-order valence-corrected chi connectivity index (χ4v) is 2.53. The van der Waals surface area contributed by atoms with Crippen LogP contribution in [0.15, 0.2) is 53.5 Å². The number of nitrogens with zero attached hydrogens (tertiary/aromatic N) is 3. The van der Waals surface area contributed by atoms with Crippen molar-refractivity contribution in [3.05, 3.63) is 74.8 Å². The maximum absolute atomic E-state index is 11.9. The van der Waals surface area contributed by atoms with Crippen molar-refractivity contribution in [2.45, 2.75) is 19.5 Å². The summed E-state index contributed by atoms with van der Waals surface area (Å²) in [5.74, 6) is 0.370. The lowest BCUT2D eigenvalue weighted by Gasteiger charge is -2.19. The van der Waals surface area contributed by atoms with E-state index < -0.39 is 4.92 Å². The topological polar surface area (TPSA) is 99.9 Å². The summed E-state index contributed by atoms with van der Waals surface area (Å²) in [5.41, 5.74) is 1.86. The Labute approximate surface area is 197 Å². The van der Waals surface area contributed by atoms with Gasteiger partial charge in [0, 0.05) is 31.3 Å². The first-order valence-electron chi connectivity index (χ1n) is 9.00. The molecule has 0 aromatic heterocycles. The first-order valence-corrected chi connectivity index (χ1v) is 9.38. The van der Waals surface area contributed by atoms with E-state index in [1.807, 2.05) is 31.2 Å². The zero-order valence-electron chi connectivity index (χ0n) is 17.0. The molecule has 30 heavy (non-hydrogen) atoms. The number of amides is 1. The van der Waals surface area contributed by atoms with E-state index in [0.717, 1.165) is 11.1 Å². The number of hydrogen-bond donors (Lipinski definition) is 2. The van der Waals surface area contributed by atoms with Crippen LogP contribution in [0.2, 0.25) is 5.02 Å². The number of rotatable bonds is 7. The Kier molecular flexibility index (Phi) is 10.5. The van der Waals surface area contributed by atoms with E-state index in [0.29, 0.717) is 17.5 Å². The first-order chi connectivity index (χ1) is 13.8. The van der Waals surface area contributed by atoms with E-state index in [9.17, 15) is 14.9 Å². The van der Waals surface area contributed by atoms with Gasteiger partial charge in [-0.3, -0.25) is 14.9 Å². The molecule has 0 spiro atoms. The predicted molar refractivity (Wildman–Crippen MR) is 129 cm³/mol. The summed E-state index contributed by atoms with van der Waals surface area (Å²) in [6.45, 7) is 2.36. The van der Waals surface area contributed by atoms with Gasteiger partial charge in [0.25, 0.3) is 5.69 Å². The molecule has 0 aliphatic carbocycles. The lowest BCUT2D eigenvalue weighted by Crippen LogP contribution is -2.43. The second-order valence-electron chi connectivity index (χ2n) is 6.65. The number of nitro groups is 1. The molecule has 162 valence electrons. The molecular weight excluding hydrogens is 521 g/mol. The number of non-ortho nitro benzene ring substituents is 1. The Bertz CT molecular complexity index is 873. The summed E-state index contributed by atoms with van der Waals surface area (Å²) in [6.07, 6.45) is 0. The fourth-order valence-electron chi connectivity index (χ4n) is 2.40. The molecule has 1 atom stereocenters. The molecule has 1 amide bonds. The summed E-state index contributed by atoms with van der Waals surface area (Å²) >= 11 is 5.94. The van der Waals surface area contributed by atoms with Gasteiger partial charge in [0.05, 0.1) is 24.1 Å². The van der Waals surface area contributed by atoms with E-state index in [-0.39, 0.29) is 48.2 Å². The summed E-state index contributed by atoms with van der Waals surface area (Å²) in [6, 6.07) is 13.6. The normalized spacial score (nSPS) is 11.8. The van der Waals surface area contributed by atoms with Gasteiger partial charge in [-0.2, -0.15) is 0 Å². The zero-order chi connectivity index (χ0) is 21.4. The third-order valence-corrected chi connectivity index (χ3v) is 4.45. The number of aliphatic imine (C=N–C) groups is 1. The summed E-state index contributed by atoms with van der Waals surface area (Å²) in [7, 11) is 3.36. The van der Waals surface area contributed by atoms with Gasteiger partial charge in [-0.1, -0.05) is 35.9 Å². The van der Waals surface area contributed by atoms with Crippen molar-refractivity contribution < 1.29 is 9.72 Å². The molecule has 0 fully saturated rings.